The first-order valence-electron chi connectivity index (χ1n) is 8.43. The average Bonchev–Trinajstić information content (AvgIpc) is 2.65. The summed E-state index contributed by atoms with van der Waals surface area (Å²) in [4.78, 5) is 35.5. The van der Waals surface area contributed by atoms with Crippen LogP contribution in [0.4, 0.5) is 0 Å². The van der Waals surface area contributed by atoms with Crippen molar-refractivity contribution in [3.8, 4) is 28.2 Å². The standard InChI is InChI=1S/C22H14O6/c1-11(23)12-2-5-15(22(26)27)18(8-12)21-16-6-3-13(24)9-19(16)28-20-10-14(25)4-7-17(20)21/h2-10,24H,1H3,(H,26,27). The highest BCUT2D eigenvalue weighted by Crippen LogP contribution is 2.42. The molecule has 28 heavy (non-hydrogen) atoms. The van der Waals surface area contributed by atoms with Crippen LogP contribution in [0.25, 0.3) is 33.4 Å². The van der Waals surface area contributed by atoms with Gasteiger partial charge in [0.05, 0.1) is 5.56 Å². The first kappa shape index (κ1) is 17.5. The molecule has 2 aliphatic rings. The molecule has 2 aromatic rings. The van der Waals surface area contributed by atoms with Crippen molar-refractivity contribution in [2.45, 2.75) is 6.92 Å². The maximum Gasteiger partial charge on any atom is 0.336 e. The smallest absolute Gasteiger partial charge is 0.336 e. The summed E-state index contributed by atoms with van der Waals surface area (Å²) < 4.78 is 5.77. The molecule has 1 heterocycles. The summed E-state index contributed by atoms with van der Waals surface area (Å²) in [6, 6.07) is 13.1. The molecule has 0 fully saturated rings. The van der Waals surface area contributed by atoms with Gasteiger partial charge in [0.2, 0.25) is 0 Å². The number of rotatable bonds is 3. The molecule has 1 aliphatic heterocycles. The number of carbonyl (C=O) groups excluding carboxylic acids is 1. The van der Waals surface area contributed by atoms with Crippen molar-refractivity contribution in [1.82, 2.24) is 0 Å². The molecule has 138 valence electrons. The molecule has 6 nitrogen and oxygen atoms in total. The molecule has 0 bridgehead atoms. The Morgan fingerprint density at radius 2 is 1.71 bits per heavy atom. The first-order valence-corrected chi connectivity index (χ1v) is 8.43. The lowest BCUT2D eigenvalue weighted by Gasteiger charge is -2.17. The van der Waals surface area contributed by atoms with E-state index in [9.17, 15) is 24.6 Å². The van der Waals surface area contributed by atoms with E-state index in [1.165, 1.54) is 49.4 Å². The first-order chi connectivity index (χ1) is 13.3. The van der Waals surface area contributed by atoms with E-state index in [4.69, 9.17) is 4.42 Å². The van der Waals surface area contributed by atoms with Gasteiger partial charge in [-0.1, -0.05) is 6.07 Å². The number of phenols is 1. The Balaban J connectivity index is 2.22. The van der Waals surface area contributed by atoms with Crippen molar-refractivity contribution in [1.29, 1.82) is 0 Å². The number of carboxylic acid groups (broad SMARTS) is 1. The molecule has 0 atom stereocenters. The summed E-state index contributed by atoms with van der Waals surface area (Å²) >= 11 is 0. The van der Waals surface area contributed by atoms with Crippen LogP contribution in [-0.2, 0) is 0 Å². The molecule has 2 N–H and O–H groups in total. The largest absolute Gasteiger partial charge is 0.508 e. The van der Waals surface area contributed by atoms with Crippen molar-refractivity contribution >= 4 is 22.7 Å². The molecule has 0 amide bonds. The Bertz CT molecular complexity index is 1300. The van der Waals surface area contributed by atoms with Gasteiger partial charge in [-0.25, -0.2) is 4.79 Å². The third-order valence-electron chi connectivity index (χ3n) is 4.60. The van der Waals surface area contributed by atoms with Gasteiger partial charge in [0.15, 0.2) is 11.2 Å². The fourth-order valence-electron chi connectivity index (χ4n) is 3.31. The summed E-state index contributed by atoms with van der Waals surface area (Å²) in [5.74, 6) is -1.13. The Hall–Kier alpha value is -3.93. The van der Waals surface area contributed by atoms with E-state index in [0.717, 1.165) is 0 Å². The lowest BCUT2D eigenvalue weighted by atomic mass is 9.89. The quantitative estimate of drug-likeness (QED) is 0.412. The number of fused-ring (bicyclic) bond motifs is 2. The number of phenolic OH excluding ortho intramolecular Hbond substituents is 1. The van der Waals surface area contributed by atoms with Crippen LogP contribution >= 0.6 is 0 Å². The summed E-state index contributed by atoms with van der Waals surface area (Å²) in [5, 5.41) is 20.1. The second-order valence-corrected chi connectivity index (χ2v) is 6.44. The van der Waals surface area contributed by atoms with Gasteiger partial charge in [0.25, 0.3) is 0 Å². The molecule has 6 heteroatoms. The van der Waals surface area contributed by atoms with E-state index in [2.05, 4.69) is 0 Å². The Labute approximate surface area is 158 Å². The summed E-state index contributed by atoms with van der Waals surface area (Å²) in [6.45, 7) is 1.40. The highest BCUT2D eigenvalue weighted by Gasteiger charge is 2.22. The summed E-state index contributed by atoms with van der Waals surface area (Å²) in [5.41, 5.74) is 1.77. The van der Waals surface area contributed by atoms with Gasteiger partial charge in [-0.3, -0.25) is 9.59 Å². The van der Waals surface area contributed by atoms with Gasteiger partial charge < -0.3 is 14.6 Å². The lowest BCUT2D eigenvalue weighted by molar-refractivity contribution is 0.0697. The molecule has 0 saturated heterocycles. The number of hydrogen-bond acceptors (Lipinski definition) is 5. The highest BCUT2D eigenvalue weighted by atomic mass is 16.4. The van der Waals surface area contributed by atoms with Gasteiger partial charge in [0.1, 0.15) is 17.1 Å². The maximum atomic E-state index is 11.9. The number of carboxylic acids is 1. The summed E-state index contributed by atoms with van der Waals surface area (Å²) in [7, 11) is 0. The fourth-order valence-corrected chi connectivity index (χ4v) is 3.31. The maximum absolute atomic E-state index is 11.9. The third-order valence-corrected chi connectivity index (χ3v) is 4.60. The van der Waals surface area contributed by atoms with E-state index >= 15 is 0 Å². The molecule has 1 aliphatic carbocycles. The minimum Gasteiger partial charge on any atom is -0.508 e. The van der Waals surface area contributed by atoms with Crippen LogP contribution in [0.3, 0.4) is 0 Å². The second-order valence-electron chi connectivity index (χ2n) is 6.44. The van der Waals surface area contributed by atoms with Crippen LogP contribution in [-0.4, -0.2) is 22.0 Å². The average molecular weight is 374 g/mol. The van der Waals surface area contributed by atoms with E-state index in [0.29, 0.717) is 27.6 Å². The van der Waals surface area contributed by atoms with Crippen LogP contribution in [0.5, 0.6) is 5.75 Å². The van der Waals surface area contributed by atoms with Gasteiger partial charge >= 0.3 is 5.97 Å². The van der Waals surface area contributed by atoms with Gasteiger partial charge in [-0.15, -0.1) is 0 Å². The predicted octanol–water partition coefficient (Wildman–Crippen LogP) is 4.17. The number of carbonyl (C=O) groups is 2. The minimum absolute atomic E-state index is 0.0121. The van der Waals surface area contributed by atoms with E-state index in [1.54, 1.807) is 12.1 Å². The number of benzene rings is 3. The topological polar surface area (TPSA) is 105 Å². The molecular formula is C22H14O6. The summed E-state index contributed by atoms with van der Waals surface area (Å²) in [6.07, 6.45) is 0. The number of Topliss-reactive ketones (excluding diaryl/α,β-unsaturated/α-hetero) is 1. The lowest BCUT2D eigenvalue weighted by Crippen LogP contribution is -2.05. The van der Waals surface area contributed by atoms with Crippen molar-refractivity contribution in [2.24, 2.45) is 0 Å². The van der Waals surface area contributed by atoms with Crippen LogP contribution in [0, 0.1) is 0 Å². The Kier molecular flexibility index (Phi) is 3.96. The van der Waals surface area contributed by atoms with E-state index in [1.807, 2.05) is 0 Å². The highest BCUT2D eigenvalue weighted by molar-refractivity contribution is 6.09. The molecule has 2 aromatic carbocycles. The number of ketones is 1. The molecule has 0 saturated carbocycles. The molecule has 0 spiro atoms. The number of aromatic hydroxyl groups is 1. The zero-order valence-electron chi connectivity index (χ0n) is 14.7. The third kappa shape index (κ3) is 2.81. The van der Waals surface area contributed by atoms with Gasteiger partial charge in [0, 0.05) is 34.2 Å². The van der Waals surface area contributed by atoms with E-state index < -0.39 is 5.97 Å². The zero-order valence-corrected chi connectivity index (χ0v) is 14.7. The number of hydrogen-bond donors (Lipinski definition) is 2. The van der Waals surface area contributed by atoms with Crippen LogP contribution in [0.1, 0.15) is 27.6 Å². The Morgan fingerprint density at radius 3 is 2.43 bits per heavy atom. The predicted molar refractivity (Wildman–Crippen MR) is 103 cm³/mol. The molecule has 0 aromatic heterocycles. The monoisotopic (exact) mass is 374 g/mol. The van der Waals surface area contributed by atoms with Crippen molar-refractivity contribution in [2.75, 3.05) is 0 Å². The van der Waals surface area contributed by atoms with Crippen LogP contribution in [0.15, 0.2) is 63.8 Å². The second kappa shape index (κ2) is 6.35. The molecule has 4 rings (SSSR count). The van der Waals surface area contributed by atoms with Crippen molar-refractivity contribution < 1.29 is 24.2 Å². The Morgan fingerprint density at radius 1 is 0.929 bits per heavy atom. The van der Waals surface area contributed by atoms with Crippen molar-refractivity contribution in [3.63, 3.8) is 0 Å². The molecule has 0 radical (unpaired) electrons. The fraction of sp³-hybridized carbons (Fsp3) is 0.0455. The van der Waals surface area contributed by atoms with Gasteiger partial charge in [-0.2, -0.15) is 0 Å². The van der Waals surface area contributed by atoms with Crippen LogP contribution in [0.2, 0.25) is 0 Å². The normalized spacial score (nSPS) is 11.0. The SMILES string of the molecule is CC(=O)c1ccc(C(=O)O)c(-c2c3ccc(=O)cc-3oc3cc(O)ccc23)c1. The van der Waals surface area contributed by atoms with Crippen LogP contribution < -0.4 is 5.43 Å². The molecule has 0 unspecified atom stereocenters. The molecular weight excluding hydrogens is 360 g/mol. The van der Waals surface area contributed by atoms with Gasteiger partial charge in [-0.05, 0) is 48.9 Å². The zero-order chi connectivity index (χ0) is 20.0. The van der Waals surface area contributed by atoms with E-state index in [-0.39, 0.29) is 33.9 Å². The minimum atomic E-state index is -1.15. The van der Waals surface area contributed by atoms with Crippen molar-refractivity contribution in [3.05, 3.63) is 75.9 Å². The number of aromatic carboxylic acids is 1.